The minimum Gasteiger partial charge on any atom is -0.463 e. The van der Waals surface area contributed by atoms with Crippen molar-refractivity contribution >= 4 is 5.97 Å². The van der Waals surface area contributed by atoms with Gasteiger partial charge in [0.15, 0.2) is 0 Å². The lowest BCUT2D eigenvalue weighted by molar-refractivity contribution is -0.137. The molecule has 0 saturated heterocycles. The van der Waals surface area contributed by atoms with E-state index in [4.69, 9.17) is 4.74 Å². The van der Waals surface area contributed by atoms with Crippen molar-refractivity contribution in [3.8, 4) is 0 Å². The molecule has 0 aliphatic carbocycles. The fourth-order valence-electron chi connectivity index (χ4n) is 1.05. The van der Waals surface area contributed by atoms with Crippen LogP contribution in [-0.2, 0) is 9.53 Å². The van der Waals surface area contributed by atoms with Gasteiger partial charge in [-0.15, -0.1) is 0 Å². The summed E-state index contributed by atoms with van der Waals surface area (Å²) in [5, 5.41) is 0. The normalized spacial score (nSPS) is 11.0. The minimum atomic E-state index is -0.234. The molecular formula is C12H20O2. The van der Waals surface area contributed by atoms with Crippen LogP contribution in [0, 0.1) is 0 Å². The average molecular weight is 196 g/mol. The summed E-state index contributed by atoms with van der Waals surface area (Å²) in [7, 11) is 0. The lowest BCUT2D eigenvalue weighted by atomic mass is 10.1. The van der Waals surface area contributed by atoms with Crippen LogP contribution in [0.2, 0.25) is 0 Å². The molecule has 80 valence electrons. The van der Waals surface area contributed by atoms with Crippen molar-refractivity contribution in [1.29, 1.82) is 0 Å². The second-order valence-electron chi connectivity index (χ2n) is 3.56. The predicted molar refractivity (Wildman–Crippen MR) is 59.1 cm³/mol. The van der Waals surface area contributed by atoms with Gasteiger partial charge >= 0.3 is 5.97 Å². The highest BCUT2D eigenvalue weighted by Crippen LogP contribution is 2.06. The second-order valence-corrected chi connectivity index (χ2v) is 3.56. The Morgan fingerprint density at radius 1 is 1.29 bits per heavy atom. The SMILES string of the molecule is CCOC(=O)C=C(C)CCC=C(C)C. The molecule has 14 heavy (non-hydrogen) atoms. The maximum atomic E-state index is 11.0. The zero-order chi connectivity index (χ0) is 11.0. The zero-order valence-electron chi connectivity index (χ0n) is 9.59. The molecule has 0 unspecified atom stereocenters. The minimum absolute atomic E-state index is 0.234. The fourth-order valence-corrected chi connectivity index (χ4v) is 1.05. The quantitative estimate of drug-likeness (QED) is 0.383. The van der Waals surface area contributed by atoms with E-state index in [0.29, 0.717) is 6.61 Å². The van der Waals surface area contributed by atoms with Crippen LogP contribution < -0.4 is 0 Å². The molecule has 2 heteroatoms. The number of ether oxygens (including phenoxy) is 1. The summed E-state index contributed by atoms with van der Waals surface area (Å²) < 4.78 is 4.81. The van der Waals surface area contributed by atoms with Gasteiger partial charge in [0.25, 0.3) is 0 Å². The van der Waals surface area contributed by atoms with E-state index in [-0.39, 0.29) is 5.97 Å². The summed E-state index contributed by atoms with van der Waals surface area (Å²) in [6.45, 7) is 8.35. The van der Waals surface area contributed by atoms with Gasteiger partial charge in [0.05, 0.1) is 6.61 Å². The Kier molecular flexibility index (Phi) is 6.81. The van der Waals surface area contributed by atoms with Crippen molar-refractivity contribution in [2.24, 2.45) is 0 Å². The molecule has 0 amide bonds. The number of carbonyl (C=O) groups excluding carboxylic acids is 1. The number of esters is 1. The van der Waals surface area contributed by atoms with Crippen LogP contribution in [0.3, 0.4) is 0 Å². The summed E-state index contributed by atoms with van der Waals surface area (Å²) in [6.07, 6.45) is 5.65. The number of hydrogen-bond acceptors (Lipinski definition) is 2. The predicted octanol–water partition coefficient (Wildman–Crippen LogP) is 3.24. The van der Waals surface area contributed by atoms with Gasteiger partial charge in [0, 0.05) is 6.08 Å². The smallest absolute Gasteiger partial charge is 0.330 e. The van der Waals surface area contributed by atoms with Crippen LogP contribution in [0.15, 0.2) is 23.3 Å². The molecule has 0 atom stereocenters. The molecule has 2 nitrogen and oxygen atoms in total. The molecule has 0 aromatic heterocycles. The van der Waals surface area contributed by atoms with Gasteiger partial charge in [0.2, 0.25) is 0 Å². The van der Waals surface area contributed by atoms with Crippen molar-refractivity contribution in [2.45, 2.75) is 40.5 Å². The van der Waals surface area contributed by atoms with Gasteiger partial charge in [-0.1, -0.05) is 17.2 Å². The highest BCUT2D eigenvalue weighted by molar-refractivity contribution is 5.82. The van der Waals surface area contributed by atoms with Crippen LogP contribution in [-0.4, -0.2) is 12.6 Å². The molecule has 0 rings (SSSR count). The number of rotatable bonds is 5. The van der Waals surface area contributed by atoms with Gasteiger partial charge in [-0.05, 0) is 40.5 Å². The highest BCUT2D eigenvalue weighted by atomic mass is 16.5. The first-order valence-corrected chi connectivity index (χ1v) is 5.03. The summed E-state index contributed by atoms with van der Waals surface area (Å²) in [6, 6.07) is 0. The monoisotopic (exact) mass is 196 g/mol. The van der Waals surface area contributed by atoms with Crippen molar-refractivity contribution in [3.63, 3.8) is 0 Å². The topological polar surface area (TPSA) is 26.3 Å². The highest BCUT2D eigenvalue weighted by Gasteiger charge is 1.96. The van der Waals surface area contributed by atoms with Crippen molar-refractivity contribution in [2.75, 3.05) is 6.61 Å². The van der Waals surface area contributed by atoms with E-state index in [9.17, 15) is 4.79 Å². The number of carbonyl (C=O) groups is 1. The Balaban J connectivity index is 3.89. The molecule has 0 aromatic rings. The third kappa shape index (κ3) is 7.59. The third-order valence-electron chi connectivity index (χ3n) is 1.74. The Bertz CT molecular complexity index is 233. The van der Waals surface area contributed by atoms with Gasteiger partial charge < -0.3 is 4.74 Å². The lowest BCUT2D eigenvalue weighted by Crippen LogP contribution is -2.00. The van der Waals surface area contributed by atoms with E-state index < -0.39 is 0 Å². The Morgan fingerprint density at radius 3 is 2.43 bits per heavy atom. The van der Waals surface area contributed by atoms with E-state index in [1.54, 1.807) is 6.08 Å². The van der Waals surface area contributed by atoms with E-state index >= 15 is 0 Å². The molecule has 0 saturated carbocycles. The molecule has 0 aromatic carbocycles. The Labute approximate surface area is 86.6 Å². The van der Waals surface area contributed by atoms with E-state index in [1.165, 1.54) is 5.57 Å². The van der Waals surface area contributed by atoms with Crippen molar-refractivity contribution in [3.05, 3.63) is 23.3 Å². The molecule has 0 spiro atoms. The lowest BCUT2D eigenvalue weighted by Gasteiger charge is -1.99. The first-order chi connectivity index (χ1) is 6.56. The molecule has 0 N–H and O–H groups in total. The maximum absolute atomic E-state index is 11.0. The number of allylic oxidation sites excluding steroid dienone is 3. The van der Waals surface area contributed by atoms with Crippen LogP contribution in [0.25, 0.3) is 0 Å². The van der Waals surface area contributed by atoms with Crippen LogP contribution in [0.1, 0.15) is 40.5 Å². The molecule has 0 heterocycles. The van der Waals surface area contributed by atoms with E-state index in [1.807, 2.05) is 13.8 Å². The molecule has 0 aliphatic rings. The number of hydrogen-bond donors (Lipinski definition) is 0. The Morgan fingerprint density at radius 2 is 1.93 bits per heavy atom. The Hall–Kier alpha value is -1.05. The molecule has 0 aliphatic heterocycles. The van der Waals surface area contributed by atoms with Crippen molar-refractivity contribution < 1.29 is 9.53 Å². The first kappa shape index (κ1) is 12.9. The second kappa shape index (κ2) is 7.36. The maximum Gasteiger partial charge on any atom is 0.330 e. The summed E-state index contributed by atoms with van der Waals surface area (Å²) in [4.78, 5) is 11.0. The molecule has 0 bridgehead atoms. The van der Waals surface area contributed by atoms with E-state index in [2.05, 4.69) is 19.9 Å². The van der Waals surface area contributed by atoms with Gasteiger partial charge in [0.1, 0.15) is 0 Å². The average Bonchev–Trinajstić information content (AvgIpc) is 2.03. The molecule has 0 fully saturated rings. The van der Waals surface area contributed by atoms with Crippen LogP contribution in [0.4, 0.5) is 0 Å². The van der Waals surface area contributed by atoms with Crippen LogP contribution in [0.5, 0.6) is 0 Å². The van der Waals surface area contributed by atoms with Crippen molar-refractivity contribution in [1.82, 2.24) is 0 Å². The van der Waals surface area contributed by atoms with Crippen LogP contribution >= 0.6 is 0 Å². The molecular weight excluding hydrogens is 176 g/mol. The summed E-state index contributed by atoms with van der Waals surface area (Å²) in [5.74, 6) is -0.234. The third-order valence-corrected chi connectivity index (χ3v) is 1.74. The fraction of sp³-hybridized carbons (Fsp3) is 0.583. The van der Waals surface area contributed by atoms with Gasteiger partial charge in [-0.3, -0.25) is 0 Å². The standard InChI is InChI=1S/C12H20O2/c1-5-14-12(13)9-11(4)8-6-7-10(2)3/h7,9H,5-6,8H2,1-4H3. The molecule has 0 radical (unpaired) electrons. The van der Waals surface area contributed by atoms with Gasteiger partial charge in [-0.2, -0.15) is 0 Å². The van der Waals surface area contributed by atoms with Gasteiger partial charge in [-0.25, -0.2) is 4.79 Å². The van der Waals surface area contributed by atoms with E-state index in [0.717, 1.165) is 18.4 Å². The first-order valence-electron chi connectivity index (χ1n) is 5.03. The summed E-state index contributed by atoms with van der Waals surface area (Å²) in [5.41, 5.74) is 2.38. The summed E-state index contributed by atoms with van der Waals surface area (Å²) >= 11 is 0. The zero-order valence-corrected chi connectivity index (χ0v) is 9.59. The largest absolute Gasteiger partial charge is 0.463 e.